The maximum Gasteiger partial charge on any atom is 0.327 e. The normalized spacial score (nSPS) is 40.1. The second-order valence-electron chi connectivity index (χ2n) is 11.4. The number of ketones is 1. The number of fused-ring (bicyclic) bond motifs is 5. The minimum Gasteiger partial charge on any atom is -0.480 e. The summed E-state index contributed by atoms with van der Waals surface area (Å²) in [6.07, 6.45) is 9.23. The average Bonchev–Trinajstić information content (AvgIpc) is 3.09. The number of nitrogens with one attached hydrogen (secondary N) is 1. The molecule has 1 unspecified atom stereocenters. The van der Waals surface area contributed by atoms with Gasteiger partial charge in [-0.3, -0.25) is 9.59 Å². The van der Waals surface area contributed by atoms with Gasteiger partial charge in [0.25, 0.3) is 5.91 Å². The number of hydrogen-bond donors (Lipinski definition) is 4. The summed E-state index contributed by atoms with van der Waals surface area (Å²) in [5, 5.41) is 26.8. The Labute approximate surface area is 212 Å². The van der Waals surface area contributed by atoms with Crippen molar-refractivity contribution in [2.45, 2.75) is 83.8 Å². The van der Waals surface area contributed by atoms with Crippen molar-refractivity contribution in [2.24, 2.45) is 33.7 Å². The fourth-order valence-corrected chi connectivity index (χ4v) is 8.08. The van der Waals surface area contributed by atoms with E-state index in [-0.39, 0.29) is 29.0 Å². The standard InChI is InChI=1S/C26H38N2O6S/c1-15(29)26(33)11-8-20-18-5-4-16-12-17(28-34-13-22(30)27-21(14-35)23(31)32)6-9-24(16,2)19(18)7-10-25(20,26)3/h12,18-21,33,35H,4-11,13-14H2,1-3H3,(H,27,30)(H,31,32)/b28-17+/t18-,19+,20+,21?,24+,25+,26+/m1/s1. The van der Waals surface area contributed by atoms with E-state index < -0.39 is 23.5 Å². The van der Waals surface area contributed by atoms with Gasteiger partial charge in [0.05, 0.1) is 5.71 Å². The van der Waals surface area contributed by atoms with Crippen LogP contribution in [0.2, 0.25) is 0 Å². The molecule has 3 fully saturated rings. The number of aliphatic hydroxyl groups is 1. The number of hydrogen-bond acceptors (Lipinski definition) is 7. The first-order valence-corrected chi connectivity index (χ1v) is 13.4. The van der Waals surface area contributed by atoms with Crippen molar-refractivity contribution < 1.29 is 29.4 Å². The lowest BCUT2D eigenvalue weighted by atomic mass is 9.46. The Hall–Kier alpha value is -1.87. The predicted octanol–water partition coefficient (Wildman–Crippen LogP) is 3.14. The molecule has 8 nitrogen and oxygen atoms in total. The van der Waals surface area contributed by atoms with E-state index in [0.29, 0.717) is 24.2 Å². The Balaban J connectivity index is 1.43. The van der Waals surface area contributed by atoms with Crippen LogP contribution < -0.4 is 5.32 Å². The summed E-state index contributed by atoms with van der Waals surface area (Å²) in [5.41, 5.74) is 0.729. The van der Waals surface area contributed by atoms with Crippen molar-refractivity contribution in [2.75, 3.05) is 12.4 Å². The smallest absolute Gasteiger partial charge is 0.327 e. The molecular formula is C26H38N2O6S. The minimum absolute atomic E-state index is 0.00349. The number of carboxylic acid groups (broad SMARTS) is 1. The van der Waals surface area contributed by atoms with Crippen LogP contribution in [0.15, 0.2) is 16.8 Å². The van der Waals surface area contributed by atoms with Crippen molar-refractivity contribution in [3.8, 4) is 0 Å². The zero-order chi connectivity index (χ0) is 25.6. The maximum absolute atomic E-state index is 12.4. The largest absolute Gasteiger partial charge is 0.480 e. The summed E-state index contributed by atoms with van der Waals surface area (Å²) in [5.74, 6) is -0.363. The van der Waals surface area contributed by atoms with Crippen molar-refractivity contribution in [1.82, 2.24) is 5.32 Å². The van der Waals surface area contributed by atoms with Gasteiger partial charge in [-0.05, 0) is 87.5 Å². The molecule has 4 rings (SSSR count). The molecule has 0 aliphatic heterocycles. The zero-order valence-electron chi connectivity index (χ0n) is 20.9. The molecule has 9 heteroatoms. The van der Waals surface area contributed by atoms with Crippen LogP contribution >= 0.6 is 12.6 Å². The maximum atomic E-state index is 12.4. The molecule has 0 spiro atoms. The quantitative estimate of drug-likeness (QED) is 0.311. The summed E-state index contributed by atoms with van der Waals surface area (Å²) in [6.45, 7) is 5.70. The van der Waals surface area contributed by atoms with Gasteiger partial charge >= 0.3 is 5.97 Å². The van der Waals surface area contributed by atoms with Crippen LogP contribution in [-0.4, -0.2) is 57.6 Å². The number of oxime groups is 1. The average molecular weight is 507 g/mol. The summed E-state index contributed by atoms with van der Waals surface area (Å²) in [6, 6.07) is -1.06. The van der Waals surface area contributed by atoms with Gasteiger partial charge < -0.3 is 20.4 Å². The lowest BCUT2D eigenvalue weighted by molar-refractivity contribution is -0.159. The molecule has 3 saturated carbocycles. The van der Waals surface area contributed by atoms with Crippen molar-refractivity contribution in [1.29, 1.82) is 0 Å². The van der Waals surface area contributed by atoms with Crippen molar-refractivity contribution in [3.63, 3.8) is 0 Å². The van der Waals surface area contributed by atoms with E-state index in [1.165, 1.54) is 5.57 Å². The molecule has 0 saturated heterocycles. The number of allylic oxidation sites excluding steroid dienone is 2. The highest BCUT2D eigenvalue weighted by atomic mass is 32.1. The third-order valence-corrected chi connectivity index (χ3v) is 10.3. The van der Waals surface area contributed by atoms with Gasteiger partial charge in [-0.25, -0.2) is 4.79 Å². The van der Waals surface area contributed by atoms with E-state index in [2.05, 4.69) is 43.0 Å². The lowest BCUT2D eigenvalue weighted by Gasteiger charge is -2.59. The molecule has 7 atom stereocenters. The molecule has 194 valence electrons. The van der Waals surface area contributed by atoms with E-state index in [1.807, 2.05) is 0 Å². The summed E-state index contributed by atoms with van der Waals surface area (Å²) in [4.78, 5) is 40.6. The van der Waals surface area contributed by atoms with Gasteiger partial charge in [0.1, 0.15) is 11.6 Å². The summed E-state index contributed by atoms with van der Waals surface area (Å²) < 4.78 is 0. The molecule has 0 radical (unpaired) electrons. The molecule has 4 aliphatic rings. The number of amides is 1. The molecule has 0 aromatic rings. The molecular weight excluding hydrogens is 468 g/mol. The lowest BCUT2D eigenvalue weighted by Crippen LogP contribution is -2.57. The van der Waals surface area contributed by atoms with Gasteiger partial charge in [-0.2, -0.15) is 12.6 Å². The minimum atomic E-state index is -1.19. The number of carboxylic acids is 1. The predicted molar refractivity (Wildman–Crippen MR) is 134 cm³/mol. The highest BCUT2D eigenvalue weighted by Gasteiger charge is 2.65. The van der Waals surface area contributed by atoms with Gasteiger partial charge in [0, 0.05) is 11.2 Å². The van der Waals surface area contributed by atoms with Crippen LogP contribution in [0.25, 0.3) is 0 Å². The van der Waals surface area contributed by atoms with Crippen LogP contribution in [0.3, 0.4) is 0 Å². The Kier molecular flexibility index (Phi) is 7.14. The Morgan fingerprint density at radius 2 is 1.89 bits per heavy atom. The van der Waals surface area contributed by atoms with Gasteiger partial charge in [0.15, 0.2) is 12.4 Å². The molecule has 0 bridgehead atoms. The van der Waals surface area contributed by atoms with Gasteiger partial charge in [-0.15, -0.1) is 0 Å². The summed E-state index contributed by atoms with van der Waals surface area (Å²) in [7, 11) is 0. The fourth-order valence-electron chi connectivity index (χ4n) is 7.83. The number of nitrogens with zero attached hydrogens (tertiary/aromatic N) is 1. The SMILES string of the molecule is CC(=O)[C@@]1(O)CC[C@H]2[C@@H]3CCC4=C/C(=N/OCC(=O)NC(CS)C(=O)O)CC[C@]4(C)[C@H]3CC[C@@]21C. The van der Waals surface area contributed by atoms with Crippen molar-refractivity contribution in [3.05, 3.63) is 11.6 Å². The van der Waals surface area contributed by atoms with Crippen LogP contribution in [0.1, 0.15) is 72.1 Å². The van der Waals surface area contributed by atoms with Gasteiger partial charge in [-0.1, -0.05) is 24.6 Å². The molecule has 0 heterocycles. The first-order chi connectivity index (χ1) is 16.5. The van der Waals surface area contributed by atoms with Crippen LogP contribution in [0.4, 0.5) is 0 Å². The van der Waals surface area contributed by atoms with E-state index >= 15 is 0 Å². The first-order valence-electron chi connectivity index (χ1n) is 12.7. The summed E-state index contributed by atoms with van der Waals surface area (Å²) >= 11 is 3.93. The monoisotopic (exact) mass is 506 g/mol. The topological polar surface area (TPSA) is 125 Å². The number of carbonyl (C=O) groups excluding carboxylic acids is 2. The van der Waals surface area contributed by atoms with E-state index in [9.17, 15) is 19.5 Å². The first kappa shape index (κ1) is 26.2. The zero-order valence-corrected chi connectivity index (χ0v) is 21.8. The highest BCUT2D eigenvalue weighted by Crippen LogP contribution is 2.67. The second-order valence-corrected chi connectivity index (χ2v) is 11.8. The third kappa shape index (κ3) is 4.32. The molecule has 1 amide bonds. The van der Waals surface area contributed by atoms with Crippen LogP contribution in [0.5, 0.6) is 0 Å². The Morgan fingerprint density at radius 1 is 1.17 bits per heavy atom. The molecule has 4 aliphatic carbocycles. The Bertz CT molecular complexity index is 965. The number of rotatable bonds is 7. The molecule has 3 N–H and O–H groups in total. The molecule has 0 aromatic heterocycles. The van der Waals surface area contributed by atoms with Gasteiger partial charge in [0.2, 0.25) is 0 Å². The third-order valence-electron chi connectivity index (χ3n) is 9.90. The van der Waals surface area contributed by atoms with Crippen LogP contribution in [0, 0.1) is 28.6 Å². The number of carbonyl (C=O) groups is 3. The Morgan fingerprint density at radius 3 is 2.54 bits per heavy atom. The fraction of sp³-hybridized carbons (Fsp3) is 0.769. The van der Waals surface area contributed by atoms with Crippen molar-refractivity contribution >= 4 is 36.0 Å². The molecule has 0 aromatic carbocycles. The number of aliphatic carboxylic acids is 1. The second kappa shape index (κ2) is 9.54. The number of Topliss-reactive ketones (excluding diaryl/α,β-unsaturated/α-hetero) is 1. The van der Waals surface area contributed by atoms with Crippen LogP contribution in [-0.2, 0) is 19.2 Å². The van der Waals surface area contributed by atoms with E-state index in [0.717, 1.165) is 50.7 Å². The molecule has 35 heavy (non-hydrogen) atoms. The highest BCUT2D eigenvalue weighted by molar-refractivity contribution is 7.80. The van der Waals surface area contributed by atoms with E-state index in [1.54, 1.807) is 6.92 Å². The van der Waals surface area contributed by atoms with E-state index in [4.69, 9.17) is 9.94 Å². The number of thiol groups is 1.